The number of ketones is 1. The lowest BCUT2D eigenvalue weighted by Gasteiger charge is -2.36. The van der Waals surface area contributed by atoms with E-state index in [4.69, 9.17) is 17.3 Å². The van der Waals surface area contributed by atoms with Crippen LogP contribution in [0.5, 0.6) is 0 Å². The number of Topliss-reactive ketones (excluding diaryl/α,β-unsaturated/α-hetero) is 1. The molecule has 44 heavy (non-hydrogen) atoms. The molecule has 3 rings (SSSR count). The maximum absolute atomic E-state index is 13.6. The molecule has 0 aliphatic carbocycles. The summed E-state index contributed by atoms with van der Waals surface area (Å²) in [5.41, 5.74) is 6.11. The number of hydrogen-bond acceptors (Lipinski definition) is 5. The van der Waals surface area contributed by atoms with Crippen LogP contribution in [0.15, 0.2) is 78.9 Å². The number of amides is 3. The van der Waals surface area contributed by atoms with Crippen LogP contribution >= 0.6 is 11.6 Å². The molecule has 0 radical (unpaired) electrons. The van der Waals surface area contributed by atoms with Crippen LogP contribution in [0.1, 0.15) is 42.9 Å². The van der Waals surface area contributed by atoms with Gasteiger partial charge in [-0.25, -0.2) is 0 Å². The number of hydrogen-bond donors (Lipinski definition) is 3. The predicted octanol–water partition coefficient (Wildman–Crippen LogP) is 5.12. The van der Waals surface area contributed by atoms with E-state index in [1.54, 1.807) is 37.3 Å². The van der Waals surface area contributed by atoms with Gasteiger partial charge in [0.15, 0.2) is 5.78 Å². The van der Waals surface area contributed by atoms with Gasteiger partial charge in [-0.3, -0.25) is 19.2 Å². The summed E-state index contributed by atoms with van der Waals surface area (Å²) in [6.45, 7) is 5.24. The first-order chi connectivity index (χ1) is 20.8. The van der Waals surface area contributed by atoms with Gasteiger partial charge in [0.25, 0.3) is 0 Å². The number of nitrogens with two attached hydrogens (primary N) is 1. The first-order valence-corrected chi connectivity index (χ1v) is 14.3. The molecule has 0 saturated heterocycles. The molecule has 0 unspecified atom stereocenters. The number of carbonyl (C=O) groups is 4. The van der Waals surface area contributed by atoms with Crippen molar-refractivity contribution in [2.24, 2.45) is 5.73 Å². The highest BCUT2D eigenvalue weighted by atomic mass is 35.5. The van der Waals surface area contributed by atoms with Gasteiger partial charge in [-0.1, -0.05) is 66.7 Å². The highest BCUT2D eigenvalue weighted by Gasteiger charge is 2.37. The summed E-state index contributed by atoms with van der Waals surface area (Å²) < 4.78 is 40.6. The third kappa shape index (κ3) is 9.14. The number of nitrogens with one attached hydrogen (secondary N) is 2. The van der Waals surface area contributed by atoms with Crippen LogP contribution in [0.4, 0.5) is 18.9 Å². The van der Waals surface area contributed by atoms with Crippen molar-refractivity contribution in [1.29, 1.82) is 0 Å². The standard InChI is InChI=1S/C32H34ClF3N4O4/c1-3-4-5-8-20(2)28(41)13-14-29(42)40-19-22-10-7-6-9-21(22)17-27(40)31(44)38-25(15-16-37)30(43)39-26-18-23(33)11-12-24(26)32(34,35)36/h3-12,18,25,27H,1,13-17,19,37H2,2H3,(H,38,44)(H,39,43)/b5-4-,20-8+/t25-,27-/m0/s1. The lowest BCUT2D eigenvalue weighted by molar-refractivity contribution is -0.143. The maximum Gasteiger partial charge on any atom is 0.418 e. The van der Waals surface area contributed by atoms with E-state index in [0.717, 1.165) is 29.3 Å². The molecule has 12 heteroatoms. The first-order valence-electron chi connectivity index (χ1n) is 13.9. The van der Waals surface area contributed by atoms with Gasteiger partial charge in [0, 0.05) is 30.8 Å². The predicted molar refractivity (Wildman–Crippen MR) is 163 cm³/mol. The molecule has 4 N–H and O–H groups in total. The van der Waals surface area contributed by atoms with Crippen LogP contribution in [0, 0.1) is 0 Å². The van der Waals surface area contributed by atoms with Gasteiger partial charge in [-0.15, -0.1) is 0 Å². The highest BCUT2D eigenvalue weighted by Crippen LogP contribution is 2.36. The van der Waals surface area contributed by atoms with Gasteiger partial charge < -0.3 is 21.3 Å². The summed E-state index contributed by atoms with van der Waals surface area (Å²) in [5, 5.41) is 4.76. The van der Waals surface area contributed by atoms with Crippen molar-refractivity contribution >= 4 is 40.8 Å². The summed E-state index contributed by atoms with van der Waals surface area (Å²) in [4.78, 5) is 54.1. The Morgan fingerprint density at radius 3 is 2.48 bits per heavy atom. The van der Waals surface area contributed by atoms with E-state index < -0.39 is 47.2 Å². The lowest BCUT2D eigenvalue weighted by Crippen LogP contribution is -2.56. The number of fused-ring (bicyclic) bond motifs is 1. The van der Waals surface area contributed by atoms with E-state index in [1.165, 1.54) is 4.90 Å². The molecule has 0 aromatic heterocycles. The zero-order valence-electron chi connectivity index (χ0n) is 24.1. The summed E-state index contributed by atoms with van der Waals surface area (Å²) >= 11 is 5.88. The number of alkyl halides is 3. The molecule has 0 fully saturated rings. The normalized spacial score (nSPS) is 15.8. The molecule has 234 valence electrons. The molecule has 0 bridgehead atoms. The monoisotopic (exact) mass is 630 g/mol. The molecule has 1 aliphatic rings. The Balaban J connectivity index is 1.81. The van der Waals surface area contributed by atoms with Crippen LogP contribution < -0.4 is 16.4 Å². The molecule has 2 aromatic carbocycles. The lowest BCUT2D eigenvalue weighted by atomic mass is 9.92. The fraction of sp³-hybridized carbons (Fsp3) is 0.312. The minimum Gasteiger partial charge on any atom is -0.342 e. The van der Waals surface area contributed by atoms with Crippen molar-refractivity contribution < 1.29 is 32.3 Å². The number of rotatable bonds is 12. The van der Waals surface area contributed by atoms with Crippen molar-refractivity contribution in [3.63, 3.8) is 0 Å². The van der Waals surface area contributed by atoms with Crippen LogP contribution in [0.3, 0.4) is 0 Å². The minimum absolute atomic E-state index is 0.0277. The maximum atomic E-state index is 13.6. The summed E-state index contributed by atoms with van der Waals surface area (Å²) in [5.74, 6) is -2.27. The molecular weight excluding hydrogens is 597 g/mol. The Labute approximate surface area is 258 Å². The topological polar surface area (TPSA) is 122 Å². The van der Waals surface area contributed by atoms with Crippen molar-refractivity contribution in [1.82, 2.24) is 10.2 Å². The molecule has 8 nitrogen and oxygen atoms in total. The quantitative estimate of drug-likeness (QED) is 0.222. The Hall–Kier alpha value is -4.22. The second-order valence-electron chi connectivity index (χ2n) is 10.2. The van der Waals surface area contributed by atoms with Gasteiger partial charge >= 0.3 is 6.18 Å². The van der Waals surface area contributed by atoms with E-state index in [1.807, 2.05) is 18.2 Å². The number of anilines is 1. The Bertz CT molecular complexity index is 1470. The van der Waals surface area contributed by atoms with Gasteiger partial charge in [0.05, 0.1) is 11.3 Å². The fourth-order valence-corrected chi connectivity index (χ4v) is 4.91. The number of halogens is 4. The Kier molecular flexibility index (Phi) is 12.1. The van der Waals surface area contributed by atoms with Crippen LogP contribution in [0.2, 0.25) is 5.02 Å². The molecule has 2 aromatic rings. The van der Waals surface area contributed by atoms with Crippen molar-refractivity contribution in [3.05, 3.63) is 101 Å². The summed E-state index contributed by atoms with van der Waals surface area (Å²) in [6.07, 6.45) is 1.56. The average Bonchev–Trinajstić information content (AvgIpc) is 2.98. The zero-order chi connectivity index (χ0) is 32.4. The highest BCUT2D eigenvalue weighted by molar-refractivity contribution is 6.31. The molecule has 2 atom stereocenters. The van der Waals surface area contributed by atoms with E-state index in [9.17, 15) is 32.3 Å². The number of nitrogens with zero attached hydrogens (tertiary/aromatic N) is 1. The molecule has 3 amide bonds. The van der Waals surface area contributed by atoms with Crippen molar-refractivity contribution in [2.45, 2.75) is 57.4 Å². The van der Waals surface area contributed by atoms with Crippen LogP contribution in [-0.4, -0.2) is 47.0 Å². The second kappa shape index (κ2) is 15.5. The minimum atomic E-state index is -4.77. The van der Waals surface area contributed by atoms with Gasteiger partial charge in [0.1, 0.15) is 12.1 Å². The van der Waals surface area contributed by atoms with E-state index in [0.29, 0.717) is 5.57 Å². The Morgan fingerprint density at radius 1 is 1.11 bits per heavy atom. The van der Waals surface area contributed by atoms with E-state index in [-0.39, 0.29) is 49.6 Å². The van der Waals surface area contributed by atoms with Gasteiger partial charge in [0.2, 0.25) is 17.7 Å². The Morgan fingerprint density at radius 2 is 1.82 bits per heavy atom. The molecular formula is C32H34ClF3N4O4. The van der Waals surface area contributed by atoms with Crippen molar-refractivity contribution in [2.75, 3.05) is 11.9 Å². The zero-order valence-corrected chi connectivity index (χ0v) is 24.9. The molecule has 0 spiro atoms. The number of allylic oxidation sites excluding steroid dienone is 5. The molecule has 1 aliphatic heterocycles. The van der Waals surface area contributed by atoms with E-state index >= 15 is 0 Å². The largest absolute Gasteiger partial charge is 0.418 e. The van der Waals surface area contributed by atoms with Crippen LogP contribution in [0.25, 0.3) is 0 Å². The van der Waals surface area contributed by atoms with Gasteiger partial charge in [-0.2, -0.15) is 13.2 Å². The fourth-order valence-electron chi connectivity index (χ4n) is 4.74. The second-order valence-corrected chi connectivity index (χ2v) is 10.7. The summed E-state index contributed by atoms with van der Waals surface area (Å²) in [6, 6.07) is 7.69. The molecule has 0 saturated carbocycles. The summed E-state index contributed by atoms with van der Waals surface area (Å²) in [7, 11) is 0. The SMILES string of the molecule is C=C/C=C\C=C(/C)C(=O)CCC(=O)N1Cc2ccccc2C[C@H]1C(=O)N[C@@H](CCN)C(=O)Nc1cc(Cl)ccc1C(F)(F)F. The smallest absolute Gasteiger partial charge is 0.342 e. The van der Waals surface area contributed by atoms with Crippen LogP contribution in [-0.2, 0) is 38.3 Å². The van der Waals surface area contributed by atoms with Crippen molar-refractivity contribution in [3.8, 4) is 0 Å². The first kappa shape index (κ1) is 34.3. The average molecular weight is 631 g/mol. The number of carbonyl (C=O) groups excluding carboxylic acids is 4. The van der Waals surface area contributed by atoms with Gasteiger partial charge in [-0.05, 0) is 54.8 Å². The van der Waals surface area contributed by atoms with E-state index in [2.05, 4.69) is 17.2 Å². The molecule has 1 heterocycles. The number of benzene rings is 2. The third-order valence-corrected chi connectivity index (χ3v) is 7.34. The third-order valence-electron chi connectivity index (χ3n) is 7.10.